The molecule has 0 aliphatic carbocycles. The van der Waals surface area contributed by atoms with Gasteiger partial charge in [0.2, 0.25) is 5.91 Å². The third-order valence-electron chi connectivity index (χ3n) is 2.81. The van der Waals surface area contributed by atoms with Gasteiger partial charge in [-0.3, -0.25) is 4.79 Å². The SMILES string of the molecule is CCCN(CCCN)C(=O)Cc1ccccc1O. The summed E-state index contributed by atoms with van der Waals surface area (Å²) in [6.45, 7) is 4.07. The van der Waals surface area contributed by atoms with Gasteiger partial charge in [0.1, 0.15) is 5.75 Å². The molecule has 1 amide bonds. The summed E-state index contributed by atoms with van der Waals surface area (Å²) in [7, 11) is 0. The minimum atomic E-state index is 0.0480. The van der Waals surface area contributed by atoms with Gasteiger partial charge in [0, 0.05) is 18.7 Å². The van der Waals surface area contributed by atoms with Crippen LogP contribution in [0.2, 0.25) is 0 Å². The van der Waals surface area contributed by atoms with Crippen molar-refractivity contribution in [3.05, 3.63) is 29.8 Å². The zero-order valence-corrected chi connectivity index (χ0v) is 10.9. The van der Waals surface area contributed by atoms with Gasteiger partial charge in [-0.05, 0) is 25.5 Å². The van der Waals surface area contributed by atoms with Crippen LogP contribution in [0.1, 0.15) is 25.3 Å². The van der Waals surface area contributed by atoms with Gasteiger partial charge in [0.15, 0.2) is 0 Å². The lowest BCUT2D eigenvalue weighted by Crippen LogP contribution is -2.34. The number of carbonyl (C=O) groups excluding carboxylic acids is 1. The van der Waals surface area contributed by atoms with Crippen molar-refractivity contribution >= 4 is 5.91 Å². The zero-order chi connectivity index (χ0) is 13.4. The standard InChI is InChI=1S/C14H22N2O2/c1-2-9-16(10-5-8-15)14(18)11-12-6-3-4-7-13(12)17/h3-4,6-7,17H,2,5,8-11,15H2,1H3. The highest BCUT2D eigenvalue weighted by molar-refractivity contribution is 5.79. The molecule has 0 heterocycles. The Morgan fingerprint density at radius 1 is 1.33 bits per heavy atom. The number of nitrogens with two attached hydrogens (primary N) is 1. The lowest BCUT2D eigenvalue weighted by Gasteiger charge is -2.22. The molecular formula is C14H22N2O2. The van der Waals surface area contributed by atoms with E-state index in [1.165, 1.54) is 0 Å². The van der Waals surface area contributed by atoms with Crippen LogP contribution in [-0.4, -0.2) is 35.5 Å². The second-order valence-electron chi connectivity index (χ2n) is 4.33. The average Bonchev–Trinajstić information content (AvgIpc) is 2.37. The van der Waals surface area contributed by atoms with Crippen LogP contribution in [0.15, 0.2) is 24.3 Å². The van der Waals surface area contributed by atoms with E-state index in [4.69, 9.17) is 5.73 Å². The first-order valence-electron chi connectivity index (χ1n) is 6.43. The van der Waals surface area contributed by atoms with E-state index in [2.05, 4.69) is 0 Å². The predicted molar refractivity (Wildman–Crippen MR) is 72.4 cm³/mol. The van der Waals surface area contributed by atoms with Crippen LogP contribution in [0.4, 0.5) is 0 Å². The van der Waals surface area contributed by atoms with E-state index < -0.39 is 0 Å². The summed E-state index contributed by atoms with van der Waals surface area (Å²) in [6.07, 6.45) is 1.99. The Bertz CT molecular complexity index is 380. The number of phenolic OH excluding ortho intramolecular Hbond substituents is 1. The van der Waals surface area contributed by atoms with E-state index >= 15 is 0 Å². The Morgan fingerprint density at radius 3 is 2.67 bits per heavy atom. The fraction of sp³-hybridized carbons (Fsp3) is 0.500. The van der Waals surface area contributed by atoms with Gasteiger partial charge in [0.25, 0.3) is 0 Å². The van der Waals surface area contributed by atoms with Gasteiger partial charge in [-0.2, -0.15) is 0 Å². The quantitative estimate of drug-likeness (QED) is 0.771. The molecule has 0 aliphatic heterocycles. The summed E-state index contributed by atoms with van der Waals surface area (Å²) in [5.41, 5.74) is 6.15. The van der Waals surface area contributed by atoms with Crippen molar-refractivity contribution in [1.29, 1.82) is 0 Å². The summed E-state index contributed by atoms with van der Waals surface area (Å²) < 4.78 is 0. The second-order valence-corrected chi connectivity index (χ2v) is 4.33. The summed E-state index contributed by atoms with van der Waals surface area (Å²) in [4.78, 5) is 14.0. The smallest absolute Gasteiger partial charge is 0.227 e. The van der Waals surface area contributed by atoms with Gasteiger partial charge in [-0.25, -0.2) is 0 Å². The maximum absolute atomic E-state index is 12.1. The Morgan fingerprint density at radius 2 is 2.06 bits per heavy atom. The first-order valence-corrected chi connectivity index (χ1v) is 6.43. The van der Waals surface area contributed by atoms with E-state index in [9.17, 15) is 9.90 Å². The molecule has 0 saturated carbocycles. The highest BCUT2D eigenvalue weighted by Crippen LogP contribution is 2.17. The molecule has 18 heavy (non-hydrogen) atoms. The summed E-state index contributed by atoms with van der Waals surface area (Å²) in [6, 6.07) is 6.96. The molecule has 0 radical (unpaired) electrons. The lowest BCUT2D eigenvalue weighted by atomic mass is 10.1. The molecule has 3 N–H and O–H groups in total. The molecule has 0 bridgehead atoms. The predicted octanol–water partition coefficient (Wildman–Crippen LogP) is 1.52. The van der Waals surface area contributed by atoms with Gasteiger partial charge in [-0.15, -0.1) is 0 Å². The van der Waals surface area contributed by atoms with Gasteiger partial charge < -0.3 is 15.7 Å². The van der Waals surface area contributed by atoms with Crippen LogP contribution in [0, 0.1) is 0 Å². The molecule has 1 rings (SSSR count). The minimum absolute atomic E-state index is 0.0480. The number of aromatic hydroxyl groups is 1. The fourth-order valence-electron chi connectivity index (χ4n) is 1.85. The topological polar surface area (TPSA) is 66.6 Å². The average molecular weight is 250 g/mol. The molecule has 0 spiro atoms. The third-order valence-corrected chi connectivity index (χ3v) is 2.81. The Hall–Kier alpha value is -1.55. The third kappa shape index (κ3) is 4.37. The molecule has 4 nitrogen and oxygen atoms in total. The molecule has 0 aliphatic rings. The Labute approximate surface area is 108 Å². The van der Waals surface area contributed by atoms with Gasteiger partial charge >= 0.3 is 0 Å². The Kier molecular flexibility index (Phi) is 6.22. The Balaban J connectivity index is 2.63. The number of phenols is 1. The van der Waals surface area contributed by atoms with Crippen molar-refractivity contribution < 1.29 is 9.90 Å². The van der Waals surface area contributed by atoms with Crippen molar-refractivity contribution in [3.8, 4) is 5.75 Å². The molecule has 0 aromatic heterocycles. The number of hydrogen-bond acceptors (Lipinski definition) is 3. The normalized spacial score (nSPS) is 10.3. The number of nitrogens with zero attached hydrogens (tertiary/aromatic N) is 1. The van der Waals surface area contributed by atoms with Crippen molar-refractivity contribution in [2.24, 2.45) is 5.73 Å². The fourth-order valence-corrected chi connectivity index (χ4v) is 1.85. The summed E-state index contributed by atoms with van der Waals surface area (Å²) in [5, 5.41) is 9.66. The van der Waals surface area contributed by atoms with Crippen molar-refractivity contribution in [1.82, 2.24) is 4.90 Å². The van der Waals surface area contributed by atoms with Crippen LogP contribution in [0.25, 0.3) is 0 Å². The lowest BCUT2D eigenvalue weighted by molar-refractivity contribution is -0.130. The van der Waals surface area contributed by atoms with Gasteiger partial charge in [-0.1, -0.05) is 25.1 Å². The highest BCUT2D eigenvalue weighted by Gasteiger charge is 2.14. The van der Waals surface area contributed by atoms with Crippen molar-refractivity contribution in [2.75, 3.05) is 19.6 Å². The summed E-state index contributed by atoms with van der Waals surface area (Å²) in [5.74, 6) is 0.230. The monoisotopic (exact) mass is 250 g/mol. The van der Waals surface area contributed by atoms with Crippen LogP contribution in [-0.2, 0) is 11.2 Å². The second kappa shape index (κ2) is 7.71. The van der Waals surface area contributed by atoms with Crippen LogP contribution in [0.3, 0.4) is 0 Å². The van der Waals surface area contributed by atoms with E-state index in [1.54, 1.807) is 18.2 Å². The molecule has 1 aromatic carbocycles. The van der Waals surface area contributed by atoms with Crippen LogP contribution < -0.4 is 5.73 Å². The van der Waals surface area contributed by atoms with Gasteiger partial charge in [0.05, 0.1) is 6.42 Å². The largest absolute Gasteiger partial charge is 0.508 e. The molecule has 100 valence electrons. The highest BCUT2D eigenvalue weighted by atomic mass is 16.3. The van der Waals surface area contributed by atoms with E-state index in [0.29, 0.717) is 18.7 Å². The number of amides is 1. The number of para-hydroxylation sites is 1. The number of benzene rings is 1. The number of rotatable bonds is 7. The first kappa shape index (κ1) is 14.5. The maximum Gasteiger partial charge on any atom is 0.227 e. The molecule has 0 saturated heterocycles. The first-order chi connectivity index (χ1) is 8.69. The van der Waals surface area contributed by atoms with E-state index in [1.807, 2.05) is 17.9 Å². The molecule has 1 aromatic rings. The maximum atomic E-state index is 12.1. The van der Waals surface area contributed by atoms with E-state index in [0.717, 1.165) is 19.4 Å². The molecule has 0 unspecified atom stereocenters. The minimum Gasteiger partial charge on any atom is -0.508 e. The molecular weight excluding hydrogens is 228 g/mol. The van der Waals surface area contributed by atoms with Crippen molar-refractivity contribution in [3.63, 3.8) is 0 Å². The molecule has 4 heteroatoms. The van der Waals surface area contributed by atoms with Crippen LogP contribution >= 0.6 is 0 Å². The van der Waals surface area contributed by atoms with Crippen LogP contribution in [0.5, 0.6) is 5.75 Å². The molecule has 0 fully saturated rings. The number of carbonyl (C=O) groups is 1. The zero-order valence-electron chi connectivity index (χ0n) is 10.9. The van der Waals surface area contributed by atoms with E-state index in [-0.39, 0.29) is 18.1 Å². The number of hydrogen-bond donors (Lipinski definition) is 2. The van der Waals surface area contributed by atoms with Crippen molar-refractivity contribution in [2.45, 2.75) is 26.2 Å². The summed E-state index contributed by atoms with van der Waals surface area (Å²) >= 11 is 0. The molecule has 0 atom stereocenters.